The molecule has 1 amide bonds. The Morgan fingerprint density at radius 3 is 3.10 bits per heavy atom. The number of hydrogen-bond acceptors (Lipinski definition) is 3. The molecule has 2 heterocycles. The Morgan fingerprint density at radius 1 is 1.48 bits per heavy atom. The molecule has 4 nitrogen and oxygen atoms in total. The highest BCUT2D eigenvalue weighted by molar-refractivity contribution is 9.10. The van der Waals surface area contributed by atoms with Crippen molar-refractivity contribution in [3.63, 3.8) is 0 Å². The Balaban J connectivity index is 1.60. The van der Waals surface area contributed by atoms with E-state index in [1.807, 2.05) is 40.4 Å². The van der Waals surface area contributed by atoms with Gasteiger partial charge >= 0.3 is 0 Å². The minimum Gasteiger partial charge on any atom is -0.352 e. The van der Waals surface area contributed by atoms with Gasteiger partial charge in [-0.15, -0.1) is 11.3 Å². The molecule has 1 N–H and O–H groups in total. The van der Waals surface area contributed by atoms with Gasteiger partial charge in [-0.25, -0.2) is 4.98 Å². The number of nitrogens with zero attached hydrogens (tertiary/aromatic N) is 2. The highest BCUT2D eigenvalue weighted by Crippen LogP contribution is 2.21. The Labute approximate surface area is 138 Å². The first-order valence-corrected chi connectivity index (χ1v) is 8.28. The molecule has 0 spiro atoms. The zero-order valence-corrected chi connectivity index (χ0v) is 14.0. The Bertz CT molecular complexity index is 770. The van der Waals surface area contributed by atoms with Crippen LogP contribution in [0.15, 0.2) is 40.4 Å². The summed E-state index contributed by atoms with van der Waals surface area (Å²) in [6.45, 7) is 0.410. The fourth-order valence-corrected chi connectivity index (χ4v) is 3.41. The summed E-state index contributed by atoms with van der Waals surface area (Å²) in [5.41, 5.74) is 1.65. The van der Waals surface area contributed by atoms with Crippen LogP contribution in [0.5, 0.6) is 0 Å². The van der Waals surface area contributed by atoms with Gasteiger partial charge in [0.15, 0.2) is 4.96 Å². The highest BCUT2D eigenvalue weighted by atomic mass is 79.9. The molecule has 0 unspecified atom stereocenters. The number of rotatable bonds is 4. The van der Waals surface area contributed by atoms with E-state index < -0.39 is 0 Å². The second-order valence-corrected chi connectivity index (χ2v) is 6.71. The van der Waals surface area contributed by atoms with Crippen molar-refractivity contribution in [3.05, 3.63) is 56.7 Å². The minimum absolute atomic E-state index is 0.0697. The molecule has 0 aliphatic carbocycles. The summed E-state index contributed by atoms with van der Waals surface area (Å²) in [6.07, 6.45) is 4.07. The number of carbonyl (C=O) groups excluding carboxylic acids is 1. The van der Waals surface area contributed by atoms with Crippen LogP contribution in [-0.2, 0) is 17.8 Å². The van der Waals surface area contributed by atoms with Crippen LogP contribution in [0.25, 0.3) is 4.96 Å². The van der Waals surface area contributed by atoms with Gasteiger partial charge in [-0.3, -0.25) is 9.20 Å². The molecule has 0 atom stereocenters. The maximum absolute atomic E-state index is 12.0. The summed E-state index contributed by atoms with van der Waals surface area (Å²) >= 11 is 11.0. The summed E-state index contributed by atoms with van der Waals surface area (Å²) in [5, 5.41) is 5.45. The van der Waals surface area contributed by atoms with Gasteiger partial charge in [-0.1, -0.05) is 33.6 Å². The molecule has 3 rings (SSSR count). The van der Waals surface area contributed by atoms with Crippen LogP contribution in [0, 0.1) is 0 Å². The van der Waals surface area contributed by atoms with Gasteiger partial charge in [0.25, 0.3) is 0 Å². The van der Waals surface area contributed by atoms with Crippen molar-refractivity contribution in [3.8, 4) is 0 Å². The number of aromatic nitrogens is 2. The second-order valence-electron chi connectivity index (χ2n) is 4.51. The molecule has 0 saturated carbocycles. The number of fused-ring (bicyclic) bond motifs is 1. The third-order valence-electron chi connectivity index (χ3n) is 2.98. The van der Waals surface area contributed by atoms with Gasteiger partial charge in [0.1, 0.15) is 0 Å². The van der Waals surface area contributed by atoms with E-state index in [0.717, 1.165) is 20.7 Å². The molecule has 3 aromatic rings. The molecular formula is C14H11BrClN3OS. The lowest BCUT2D eigenvalue weighted by Gasteiger charge is -2.06. The molecule has 0 radical (unpaired) electrons. The Kier molecular flexibility index (Phi) is 4.28. The van der Waals surface area contributed by atoms with Crippen LogP contribution >= 0.6 is 38.9 Å². The maximum Gasteiger partial charge on any atom is 0.226 e. The minimum atomic E-state index is -0.0697. The Morgan fingerprint density at radius 2 is 2.33 bits per heavy atom. The van der Waals surface area contributed by atoms with Gasteiger partial charge < -0.3 is 5.32 Å². The number of hydrogen-bond donors (Lipinski definition) is 1. The van der Waals surface area contributed by atoms with Crippen molar-refractivity contribution >= 4 is 49.7 Å². The van der Waals surface area contributed by atoms with Crippen molar-refractivity contribution in [1.29, 1.82) is 0 Å². The molecular weight excluding hydrogens is 374 g/mol. The monoisotopic (exact) mass is 383 g/mol. The van der Waals surface area contributed by atoms with Crippen molar-refractivity contribution in [2.24, 2.45) is 0 Å². The van der Waals surface area contributed by atoms with Crippen LogP contribution in [-0.4, -0.2) is 15.3 Å². The Hall–Kier alpha value is -1.37. The average molecular weight is 385 g/mol. The molecule has 7 heteroatoms. The maximum atomic E-state index is 12.0. The van der Waals surface area contributed by atoms with Gasteiger partial charge in [0.05, 0.1) is 12.1 Å². The van der Waals surface area contributed by atoms with Crippen LogP contribution in [0.1, 0.15) is 11.3 Å². The number of thiazole rings is 1. The first-order chi connectivity index (χ1) is 10.1. The fourth-order valence-electron chi connectivity index (χ4n) is 1.95. The standard InChI is InChI=1S/C14H11BrClN3OS/c15-10-2-1-9(12(16)5-10)7-17-13(20)6-11-8-19-3-4-21-14(19)18-11/h1-5,8H,6-7H2,(H,17,20). The van der Waals surface area contributed by atoms with E-state index in [4.69, 9.17) is 11.6 Å². The second kappa shape index (κ2) is 6.17. The topological polar surface area (TPSA) is 46.4 Å². The number of imidazole rings is 1. The lowest BCUT2D eigenvalue weighted by atomic mass is 10.2. The smallest absolute Gasteiger partial charge is 0.226 e. The van der Waals surface area contributed by atoms with E-state index in [2.05, 4.69) is 26.2 Å². The number of carbonyl (C=O) groups is 1. The molecule has 0 saturated heterocycles. The number of benzene rings is 1. The summed E-state index contributed by atoms with van der Waals surface area (Å²) in [6, 6.07) is 5.60. The third kappa shape index (κ3) is 3.45. The molecule has 2 aromatic heterocycles. The molecule has 21 heavy (non-hydrogen) atoms. The fraction of sp³-hybridized carbons (Fsp3) is 0.143. The van der Waals surface area contributed by atoms with E-state index >= 15 is 0 Å². The molecule has 108 valence electrons. The summed E-state index contributed by atoms with van der Waals surface area (Å²) in [4.78, 5) is 17.2. The predicted octanol–water partition coefficient (Wildman–Crippen LogP) is 3.67. The van der Waals surface area contributed by atoms with Crippen LogP contribution in [0.2, 0.25) is 5.02 Å². The van der Waals surface area contributed by atoms with E-state index in [1.54, 1.807) is 11.3 Å². The van der Waals surface area contributed by atoms with Crippen molar-refractivity contribution < 1.29 is 4.79 Å². The van der Waals surface area contributed by atoms with Crippen molar-refractivity contribution in [2.75, 3.05) is 0 Å². The van der Waals surface area contributed by atoms with E-state index in [-0.39, 0.29) is 12.3 Å². The third-order valence-corrected chi connectivity index (χ3v) is 4.59. The van der Waals surface area contributed by atoms with E-state index in [1.165, 1.54) is 0 Å². The molecule has 0 aliphatic rings. The number of halogens is 2. The van der Waals surface area contributed by atoms with Gasteiger partial charge in [0, 0.05) is 33.8 Å². The summed E-state index contributed by atoms with van der Waals surface area (Å²) < 4.78 is 2.83. The lowest BCUT2D eigenvalue weighted by molar-refractivity contribution is -0.120. The molecule has 0 bridgehead atoms. The SMILES string of the molecule is O=C(Cc1cn2ccsc2n1)NCc1ccc(Br)cc1Cl. The quantitative estimate of drug-likeness (QED) is 0.746. The average Bonchev–Trinajstić information content (AvgIpc) is 2.98. The first kappa shape index (κ1) is 14.6. The van der Waals surface area contributed by atoms with Crippen molar-refractivity contribution in [2.45, 2.75) is 13.0 Å². The van der Waals surface area contributed by atoms with E-state index in [9.17, 15) is 4.79 Å². The van der Waals surface area contributed by atoms with Crippen LogP contribution in [0.4, 0.5) is 0 Å². The van der Waals surface area contributed by atoms with Crippen LogP contribution in [0.3, 0.4) is 0 Å². The largest absolute Gasteiger partial charge is 0.352 e. The predicted molar refractivity (Wildman–Crippen MR) is 87.8 cm³/mol. The summed E-state index contributed by atoms with van der Waals surface area (Å²) in [5.74, 6) is -0.0697. The molecule has 0 aliphatic heterocycles. The summed E-state index contributed by atoms with van der Waals surface area (Å²) in [7, 11) is 0. The van der Waals surface area contributed by atoms with E-state index in [0.29, 0.717) is 11.6 Å². The van der Waals surface area contributed by atoms with Crippen LogP contribution < -0.4 is 5.32 Å². The zero-order chi connectivity index (χ0) is 14.8. The molecule has 1 aromatic carbocycles. The molecule has 0 fully saturated rings. The zero-order valence-electron chi connectivity index (χ0n) is 10.8. The lowest BCUT2D eigenvalue weighted by Crippen LogP contribution is -2.24. The first-order valence-electron chi connectivity index (χ1n) is 6.23. The normalized spacial score (nSPS) is 11.0. The van der Waals surface area contributed by atoms with Crippen molar-refractivity contribution in [1.82, 2.24) is 14.7 Å². The number of nitrogens with one attached hydrogen (secondary N) is 1. The highest BCUT2D eigenvalue weighted by Gasteiger charge is 2.09. The number of amides is 1. The van der Waals surface area contributed by atoms with Gasteiger partial charge in [-0.2, -0.15) is 0 Å². The van der Waals surface area contributed by atoms with Gasteiger partial charge in [0.2, 0.25) is 5.91 Å². The van der Waals surface area contributed by atoms with Gasteiger partial charge in [-0.05, 0) is 17.7 Å².